The summed E-state index contributed by atoms with van der Waals surface area (Å²) in [5, 5.41) is 0. The average Bonchev–Trinajstić information content (AvgIpc) is 3.19. The van der Waals surface area contributed by atoms with Crippen LogP contribution in [0.15, 0.2) is 78.9 Å². The van der Waals surface area contributed by atoms with Gasteiger partial charge in [0.05, 0.1) is 23.3 Å². The minimum atomic E-state index is -0.913. The fraction of sp³-hybridized carbons (Fsp3) is 0.160. The summed E-state index contributed by atoms with van der Waals surface area (Å²) in [5.41, 5.74) is 7.68. The zero-order valence-electron chi connectivity index (χ0n) is 17.8. The number of hydrogen-bond donors (Lipinski definition) is 1. The summed E-state index contributed by atoms with van der Waals surface area (Å²) in [6, 6.07) is 24.2. The summed E-state index contributed by atoms with van der Waals surface area (Å²) in [7, 11) is 0. The highest BCUT2D eigenvalue weighted by atomic mass is 16.5. The van der Waals surface area contributed by atoms with Crippen LogP contribution >= 0.6 is 0 Å². The van der Waals surface area contributed by atoms with Crippen molar-refractivity contribution in [3.8, 4) is 11.5 Å². The molecule has 5 rings (SSSR count). The van der Waals surface area contributed by atoms with Crippen molar-refractivity contribution in [2.24, 2.45) is 5.73 Å². The van der Waals surface area contributed by atoms with E-state index in [0.29, 0.717) is 23.0 Å². The molecule has 1 atom stereocenters. The zero-order chi connectivity index (χ0) is 22.8. The number of anilines is 1. The lowest BCUT2D eigenvalue weighted by molar-refractivity contribution is -0.125. The van der Waals surface area contributed by atoms with Crippen LogP contribution in [0.2, 0.25) is 0 Å². The number of benzene rings is 3. The van der Waals surface area contributed by atoms with Crippen molar-refractivity contribution in [1.82, 2.24) is 9.55 Å². The van der Waals surface area contributed by atoms with E-state index in [1.54, 1.807) is 23.1 Å². The summed E-state index contributed by atoms with van der Waals surface area (Å²) < 4.78 is 13.4. The van der Waals surface area contributed by atoms with E-state index in [1.807, 2.05) is 65.2 Å². The Morgan fingerprint density at radius 2 is 1.73 bits per heavy atom. The van der Waals surface area contributed by atoms with Crippen molar-refractivity contribution in [2.45, 2.75) is 19.3 Å². The molecule has 1 unspecified atom stereocenters. The Morgan fingerprint density at radius 1 is 1.00 bits per heavy atom. The number of rotatable bonds is 6. The van der Waals surface area contributed by atoms with Crippen molar-refractivity contribution >= 4 is 28.5 Å². The van der Waals surface area contributed by atoms with Crippen LogP contribution in [0.3, 0.4) is 0 Å². The molecule has 0 fully saturated rings. The normalized spacial score (nSPS) is 15.0. The van der Waals surface area contributed by atoms with E-state index in [9.17, 15) is 9.59 Å². The molecule has 1 aromatic heterocycles. The van der Waals surface area contributed by atoms with Crippen LogP contribution < -0.4 is 20.1 Å². The van der Waals surface area contributed by atoms with Crippen LogP contribution in [0.4, 0.5) is 5.69 Å². The lowest BCUT2D eigenvalue weighted by Crippen LogP contribution is -2.50. The number of para-hydroxylation sites is 5. The third kappa shape index (κ3) is 4.10. The predicted molar refractivity (Wildman–Crippen MR) is 123 cm³/mol. The molecule has 0 aliphatic carbocycles. The van der Waals surface area contributed by atoms with E-state index in [2.05, 4.69) is 4.98 Å². The SMILES string of the molecule is NC(=O)C1CN(C(=O)Cn2c(COc3ccccc3)nc3ccccc32)c2ccccc2O1. The Bertz CT molecular complexity index is 1320. The first-order chi connectivity index (χ1) is 16.1. The topological polar surface area (TPSA) is 99.7 Å². The van der Waals surface area contributed by atoms with Gasteiger partial charge in [-0.05, 0) is 36.4 Å². The Morgan fingerprint density at radius 3 is 2.55 bits per heavy atom. The molecule has 166 valence electrons. The molecule has 8 heteroatoms. The van der Waals surface area contributed by atoms with Gasteiger partial charge in [0.2, 0.25) is 5.91 Å². The Kier molecular flexibility index (Phi) is 5.40. The summed E-state index contributed by atoms with van der Waals surface area (Å²) in [4.78, 5) is 31.5. The number of primary amides is 1. The quantitative estimate of drug-likeness (QED) is 0.495. The standard InChI is InChI=1S/C25H22N4O4/c26-25(31)22-14-29(20-12-6-7-13-21(20)33-22)24(30)15-28-19-11-5-4-10-18(19)27-23(28)16-32-17-8-2-1-3-9-17/h1-13,22H,14-16H2,(H2,26,31). The minimum Gasteiger partial charge on any atom is -0.486 e. The molecule has 0 saturated heterocycles. The first-order valence-electron chi connectivity index (χ1n) is 10.6. The fourth-order valence-corrected chi connectivity index (χ4v) is 3.92. The third-order valence-electron chi connectivity index (χ3n) is 5.53. The second-order valence-electron chi connectivity index (χ2n) is 7.69. The molecule has 1 aliphatic rings. The first-order valence-corrected chi connectivity index (χ1v) is 10.6. The predicted octanol–water partition coefficient (Wildman–Crippen LogP) is 2.89. The monoisotopic (exact) mass is 442 g/mol. The Hall–Kier alpha value is -4.33. The maximum absolute atomic E-state index is 13.5. The molecule has 0 bridgehead atoms. The molecule has 4 aromatic rings. The molecule has 0 spiro atoms. The highest BCUT2D eigenvalue weighted by Gasteiger charge is 2.33. The Labute approximate surface area is 190 Å². The van der Waals surface area contributed by atoms with Crippen molar-refractivity contribution in [3.63, 3.8) is 0 Å². The molecule has 2 N–H and O–H groups in total. The third-order valence-corrected chi connectivity index (χ3v) is 5.53. The van der Waals surface area contributed by atoms with E-state index in [4.69, 9.17) is 15.2 Å². The number of aromatic nitrogens is 2. The molecule has 0 radical (unpaired) electrons. The van der Waals surface area contributed by atoms with Gasteiger partial charge in [0.25, 0.3) is 5.91 Å². The molecule has 3 aromatic carbocycles. The van der Waals surface area contributed by atoms with E-state index >= 15 is 0 Å². The van der Waals surface area contributed by atoms with Gasteiger partial charge >= 0.3 is 0 Å². The second kappa shape index (κ2) is 8.66. The van der Waals surface area contributed by atoms with Crippen molar-refractivity contribution in [2.75, 3.05) is 11.4 Å². The number of amides is 2. The lowest BCUT2D eigenvalue weighted by Gasteiger charge is -2.33. The van der Waals surface area contributed by atoms with E-state index in [0.717, 1.165) is 11.0 Å². The number of carbonyl (C=O) groups excluding carboxylic acids is 2. The molecule has 2 amide bonds. The van der Waals surface area contributed by atoms with Crippen LogP contribution in [0.1, 0.15) is 5.82 Å². The molecular formula is C25H22N4O4. The molecule has 1 aliphatic heterocycles. The Balaban J connectivity index is 1.46. The van der Waals surface area contributed by atoms with Crippen LogP contribution in [0.5, 0.6) is 11.5 Å². The van der Waals surface area contributed by atoms with Crippen LogP contribution in [0.25, 0.3) is 11.0 Å². The molecular weight excluding hydrogens is 420 g/mol. The maximum atomic E-state index is 13.5. The van der Waals surface area contributed by atoms with Gasteiger partial charge in [-0.25, -0.2) is 4.98 Å². The van der Waals surface area contributed by atoms with Gasteiger partial charge in [0.1, 0.15) is 30.5 Å². The number of hydrogen-bond acceptors (Lipinski definition) is 5. The van der Waals surface area contributed by atoms with Crippen LogP contribution in [-0.4, -0.2) is 34.0 Å². The molecule has 0 saturated carbocycles. The maximum Gasteiger partial charge on any atom is 0.260 e. The highest BCUT2D eigenvalue weighted by molar-refractivity contribution is 5.97. The summed E-state index contributed by atoms with van der Waals surface area (Å²) >= 11 is 0. The minimum absolute atomic E-state index is 0.0216. The van der Waals surface area contributed by atoms with Gasteiger partial charge in [-0.15, -0.1) is 0 Å². The fourth-order valence-electron chi connectivity index (χ4n) is 3.92. The molecule has 33 heavy (non-hydrogen) atoms. The lowest BCUT2D eigenvalue weighted by atomic mass is 10.1. The van der Waals surface area contributed by atoms with Gasteiger partial charge in [-0.3, -0.25) is 9.59 Å². The largest absolute Gasteiger partial charge is 0.486 e. The number of nitrogens with two attached hydrogens (primary N) is 1. The van der Waals surface area contributed by atoms with Gasteiger partial charge in [0, 0.05) is 0 Å². The van der Waals surface area contributed by atoms with Gasteiger partial charge < -0.3 is 24.7 Å². The average molecular weight is 442 g/mol. The van der Waals surface area contributed by atoms with Crippen LogP contribution in [0, 0.1) is 0 Å². The van der Waals surface area contributed by atoms with E-state index in [-0.39, 0.29) is 25.6 Å². The number of carbonyl (C=O) groups is 2. The number of fused-ring (bicyclic) bond motifs is 2. The van der Waals surface area contributed by atoms with Crippen molar-refractivity contribution < 1.29 is 19.1 Å². The smallest absolute Gasteiger partial charge is 0.260 e. The van der Waals surface area contributed by atoms with Crippen LogP contribution in [-0.2, 0) is 22.7 Å². The zero-order valence-corrected chi connectivity index (χ0v) is 17.8. The van der Waals surface area contributed by atoms with Gasteiger partial charge in [0.15, 0.2) is 6.10 Å². The number of nitrogens with zero attached hydrogens (tertiary/aromatic N) is 3. The molecule has 2 heterocycles. The van der Waals surface area contributed by atoms with Gasteiger partial charge in [-0.1, -0.05) is 42.5 Å². The number of ether oxygens (including phenoxy) is 2. The van der Waals surface area contributed by atoms with Crippen molar-refractivity contribution in [1.29, 1.82) is 0 Å². The highest BCUT2D eigenvalue weighted by Crippen LogP contribution is 2.33. The van der Waals surface area contributed by atoms with E-state index in [1.165, 1.54) is 0 Å². The first kappa shape index (κ1) is 20.6. The molecule has 8 nitrogen and oxygen atoms in total. The summed E-state index contributed by atoms with van der Waals surface area (Å²) in [6.45, 7) is 0.275. The second-order valence-corrected chi connectivity index (χ2v) is 7.69. The summed E-state index contributed by atoms with van der Waals surface area (Å²) in [5.74, 6) is 0.965. The van der Waals surface area contributed by atoms with Crippen molar-refractivity contribution in [3.05, 3.63) is 84.7 Å². The van der Waals surface area contributed by atoms with Gasteiger partial charge in [-0.2, -0.15) is 0 Å². The number of imidazole rings is 1. The summed E-state index contributed by atoms with van der Waals surface area (Å²) in [6.07, 6.45) is -0.913. The van der Waals surface area contributed by atoms with E-state index < -0.39 is 12.0 Å².